The highest BCUT2D eigenvalue weighted by Gasteiger charge is 2.10. The monoisotopic (exact) mass is 226 g/mol. The van der Waals surface area contributed by atoms with Crippen LogP contribution in [0, 0.1) is 0 Å². The summed E-state index contributed by atoms with van der Waals surface area (Å²) in [4.78, 5) is 6.35. The van der Waals surface area contributed by atoms with Gasteiger partial charge in [-0.1, -0.05) is 25.4 Å². The largest absolute Gasteiger partial charge is 0.299 e. The van der Waals surface area contributed by atoms with E-state index in [1.165, 1.54) is 18.4 Å². The molecule has 84 valence electrons. The van der Waals surface area contributed by atoms with Crippen LogP contribution in [-0.4, -0.2) is 23.0 Å². The van der Waals surface area contributed by atoms with Crippen molar-refractivity contribution >= 4 is 11.6 Å². The van der Waals surface area contributed by atoms with E-state index in [1.807, 2.05) is 12.1 Å². The molecule has 0 fully saturated rings. The predicted octanol–water partition coefficient (Wildman–Crippen LogP) is 3.36. The maximum absolute atomic E-state index is 5.85. The van der Waals surface area contributed by atoms with Crippen LogP contribution in [0.25, 0.3) is 0 Å². The standard InChI is InChI=1S/C12H19ClN2/c1-4-11(5-2)15(3)9-10-6-7-14-12(13)8-10/h6-8,11H,4-5,9H2,1-3H3. The van der Waals surface area contributed by atoms with Gasteiger partial charge < -0.3 is 0 Å². The average molecular weight is 227 g/mol. The highest BCUT2D eigenvalue weighted by atomic mass is 35.5. The van der Waals surface area contributed by atoms with Gasteiger partial charge in [-0.25, -0.2) is 4.98 Å². The Morgan fingerprint density at radius 2 is 2.07 bits per heavy atom. The van der Waals surface area contributed by atoms with Crippen molar-refractivity contribution in [3.05, 3.63) is 29.0 Å². The van der Waals surface area contributed by atoms with Gasteiger partial charge >= 0.3 is 0 Å². The fourth-order valence-electron chi connectivity index (χ4n) is 1.87. The summed E-state index contributed by atoms with van der Waals surface area (Å²) in [6.45, 7) is 5.39. The molecule has 0 N–H and O–H groups in total. The topological polar surface area (TPSA) is 16.1 Å². The SMILES string of the molecule is CCC(CC)N(C)Cc1ccnc(Cl)c1. The van der Waals surface area contributed by atoms with Gasteiger partial charge in [-0.15, -0.1) is 0 Å². The number of hydrogen-bond donors (Lipinski definition) is 0. The Bertz CT molecular complexity index is 297. The van der Waals surface area contributed by atoms with E-state index in [0.29, 0.717) is 11.2 Å². The van der Waals surface area contributed by atoms with Gasteiger partial charge in [0.2, 0.25) is 0 Å². The molecule has 0 spiro atoms. The molecule has 0 aliphatic carbocycles. The summed E-state index contributed by atoms with van der Waals surface area (Å²) in [6.07, 6.45) is 4.13. The molecular formula is C12H19ClN2. The summed E-state index contributed by atoms with van der Waals surface area (Å²) < 4.78 is 0. The molecule has 0 bridgehead atoms. The van der Waals surface area contributed by atoms with Crippen LogP contribution in [0.15, 0.2) is 18.3 Å². The minimum atomic E-state index is 0.574. The van der Waals surface area contributed by atoms with Crippen LogP contribution in [0.3, 0.4) is 0 Å². The van der Waals surface area contributed by atoms with E-state index in [-0.39, 0.29) is 0 Å². The molecule has 3 heteroatoms. The highest BCUT2D eigenvalue weighted by Crippen LogP contribution is 2.13. The van der Waals surface area contributed by atoms with Gasteiger partial charge in [-0.2, -0.15) is 0 Å². The third kappa shape index (κ3) is 3.80. The third-order valence-corrected chi connectivity index (χ3v) is 3.00. The molecular weight excluding hydrogens is 208 g/mol. The molecule has 15 heavy (non-hydrogen) atoms. The van der Waals surface area contributed by atoms with Crippen molar-refractivity contribution in [2.75, 3.05) is 7.05 Å². The lowest BCUT2D eigenvalue weighted by atomic mass is 10.1. The molecule has 2 nitrogen and oxygen atoms in total. The fourth-order valence-corrected chi connectivity index (χ4v) is 2.07. The van der Waals surface area contributed by atoms with E-state index in [9.17, 15) is 0 Å². The lowest BCUT2D eigenvalue weighted by Crippen LogP contribution is -2.29. The number of rotatable bonds is 5. The first-order valence-corrected chi connectivity index (χ1v) is 5.85. The first kappa shape index (κ1) is 12.5. The minimum Gasteiger partial charge on any atom is -0.299 e. The Kier molecular flexibility index (Phi) is 5.06. The molecule has 1 heterocycles. The molecule has 1 rings (SSSR count). The molecule has 0 aliphatic rings. The van der Waals surface area contributed by atoms with Gasteiger partial charge in [-0.05, 0) is 37.6 Å². The van der Waals surface area contributed by atoms with Crippen LogP contribution in [0.4, 0.5) is 0 Å². The third-order valence-electron chi connectivity index (χ3n) is 2.79. The van der Waals surface area contributed by atoms with Crippen molar-refractivity contribution in [2.45, 2.75) is 39.3 Å². The van der Waals surface area contributed by atoms with E-state index < -0.39 is 0 Å². The molecule has 0 saturated heterocycles. The van der Waals surface area contributed by atoms with Gasteiger partial charge in [0.15, 0.2) is 0 Å². The molecule has 0 saturated carbocycles. The van der Waals surface area contributed by atoms with Gasteiger partial charge in [0, 0.05) is 18.8 Å². The van der Waals surface area contributed by atoms with Crippen molar-refractivity contribution in [1.29, 1.82) is 0 Å². The molecule has 0 aliphatic heterocycles. The Balaban J connectivity index is 2.61. The number of pyridine rings is 1. The lowest BCUT2D eigenvalue weighted by Gasteiger charge is -2.26. The number of halogens is 1. The summed E-state index contributed by atoms with van der Waals surface area (Å²) in [5.74, 6) is 0. The second-order valence-electron chi connectivity index (χ2n) is 3.87. The Morgan fingerprint density at radius 3 is 2.60 bits per heavy atom. The van der Waals surface area contributed by atoms with Crippen LogP contribution < -0.4 is 0 Å². The van der Waals surface area contributed by atoms with Gasteiger partial charge in [-0.3, -0.25) is 4.90 Å². The van der Waals surface area contributed by atoms with Gasteiger partial charge in [0.1, 0.15) is 5.15 Å². The van der Waals surface area contributed by atoms with E-state index in [1.54, 1.807) is 6.20 Å². The first-order chi connectivity index (χ1) is 7.17. The fraction of sp³-hybridized carbons (Fsp3) is 0.583. The van der Waals surface area contributed by atoms with Crippen molar-refractivity contribution < 1.29 is 0 Å². The van der Waals surface area contributed by atoms with Crippen molar-refractivity contribution in [2.24, 2.45) is 0 Å². The molecule has 0 radical (unpaired) electrons. The zero-order valence-electron chi connectivity index (χ0n) is 9.70. The van der Waals surface area contributed by atoms with Crippen LogP contribution in [0.2, 0.25) is 5.15 Å². The predicted molar refractivity (Wildman–Crippen MR) is 65.1 cm³/mol. The Hall–Kier alpha value is -0.600. The van der Waals surface area contributed by atoms with E-state index in [2.05, 4.69) is 30.8 Å². The molecule has 1 aromatic heterocycles. The second-order valence-corrected chi connectivity index (χ2v) is 4.26. The quantitative estimate of drug-likeness (QED) is 0.716. The minimum absolute atomic E-state index is 0.574. The molecule has 0 unspecified atom stereocenters. The number of aromatic nitrogens is 1. The molecule has 0 atom stereocenters. The van der Waals surface area contributed by atoms with Crippen molar-refractivity contribution in [3.8, 4) is 0 Å². The smallest absolute Gasteiger partial charge is 0.129 e. The van der Waals surface area contributed by atoms with E-state index in [0.717, 1.165) is 6.54 Å². The van der Waals surface area contributed by atoms with E-state index >= 15 is 0 Å². The van der Waals surface area contributed by atoms with Crippen LogP contribution >= 0.6 is 11.6 Å². The van der Waals surface area contributed by atoms with Crippen LogP contribution in [0.1, 0.15) is 32.3 Å². The first-order valence-electron chi connectivity index (χ1n) is 5.48. The van der Waals surface area contributed by atoms with Gasteiger partial charge in [0.05, 0.1) is 0 Å². The Labute approximate surface area is 97.3 Å². The molecule has 0 aromatic carbocycles. The summed E-state index contributed by atoms with van der Waals surface area (Å²) >= 11 is 5.85. The number of nitrogens with zero attached hydrogens (tertiary/aromatic N) is 2. The van der Waals surface area contributed by atoms with Crippen LogP contribution in [-0.2, 0) is 6.54 Å². The van der Waals surface area contributed by atoms with E-state index in [4.69, 9.17) is 11.6 Å². The normalized spacial score (nSPS) is 11.3. The maximum Gasteiger partial charge on any atom is 0.129 e. The lowest BCUT2D eigenvalue weighted by molar-refractivity contribution is 0.221. The molecule has 0 amide bonds. The summed E-state index contributed by atoms with van der Waals surface area (Å²) in [6, 6.07) is 4.60. The summed E-state index contributed by atoms with van der Waals surface area (Å²) in [7, 11) is 2.16. The van der Waals surface area contributed by atoms with Crippen molar-refractivity contribution in [3.63, 3.8) is 0 Å². The molecule has 1 aromatic rings. The van der Waals surface area contributed by atoms with Crippen molar-refractivity contribution in [1.82, 2.24) is 9.88 Å². The number of hydrogen-bond acceptors (Lipinski definition) is 2. The zero-order valence-corrected chi connectivity index (χ0v) is 10.5. The van der Waals surface area contributed by atoms with Crippen LogP contribution in [0.5, 0.6) is 0 Å². The van der Waals surface area contributed by atoms with Gasteiger partial charge in [0.25, 0.3) is 0 Å². The zero-order chi connectivity index (χ0) is 11.3. The summed E-state index contributed by atoms with van der Waals surface area (Å²) in [5.41, 5.74) is 1.23. The average Bonchev–Trinajstić information content (AvgIpc) is 2.19. The Morgan fingerprint density at radius 1 is 1.40 bits per heavy atom. The highest BCUT2D eigenvalue weighted by molar-refractivity contribution is 6.29. The maximum atomic E-state index is 5.85. The summed E-state index contributed by atoms with van der Waals surface area (Å²) in [5, 5.41) is 0.574. The second kappa shape index (κ2) is 6.09.